The molecule has 0 radical (unpaired) electrons. The molecule has 0 spiro atoms. The molecule has 2 aromatic heterocycles. The van der Waals surface area contributed by atoms with E-state index in [1.54, 1.807) is 0 Å². The number of hydrogen-bond donors (Lipinski definition) is 0. The van der Waals surface area contributed by atoms with Crippen LogP contribution in [0.3, 0.4) is 0 Å². The molecule has 2 nitrogen and oxygen atoms in total. The Hall–Kier alpha value is -1.31. The number of imidazole rings is 1. The standard InChI is InChI=1S/C10H12N2/c1-3-9-10-8(2)5-4-6-12(10)7-11-9/h4-7H,3H2,1-2H3. The molecule has 0 saturated carbocycles. The lowest BCUT2D eigenvalue weighted by Crippen LogP contribution is -1.87. The summed E-state index contributed by atoms with van der Waals surface area (Å²) in [5, 5.41) is 0. The number of pyridine rings is 1. The summed E-state index contributed by atoms with van der Waals surface area (Å²) in [6, 6.07) is 4.17. The second-order valence-corrected chi connectivity index (χ2v) is 2.99. The smallest absolute Gasteiger partial charge is 0.0995 e. The third-order valence-electron chi connectivity index (χ3n) is 2.17. The molecule has 2 heterocycles. The van der Waals surface area contributed by atoms with Gasteiger partial charge in [0.15, 0.2) is 0 Å². The fourth-order valence-electron chi connectivity index (χ4n) is 1.56. The Morgan fingerprint density at radius 3 is 3.08 bits per heavy atom. The molecule has 2 rings (SSSR count). The Labute approximate surface area is 71.9 Å². The van der Waals surface area contributed by atoms with Crippen LogP contribution in [-0.2, 0) is 6.42 Å². The van der Waals surface area contributed by atoms with Crippen LogP contribution in [0.5, 0.6) is 0 Å². The molecule has 0 saturated heterocycles. The molecular weight excluding hydrogens is 148 g/mol. The Kier molecular flexibility index (Phi) is 1.61. The molecule has 62 valence electrons. The van der Waals surface area contributed by atoms with Crippen molar-refractivity contribution >= 4 is 5.52 Å². The lowest BCUT2D eigenvalue weighted by Gasteiger charge is -1.98. The van der Waals surface area contributed by atoms with Crippen molar-refractivity contribution in [2.45, 2.75) is 20.3 Å². The number of aromatic nitrogens is 2. The van der Waals surface area contributed by atoms with Gasteiger partial charge in [-0.15, -0.1) is 0 Å². The second kappa shape index (κ2) is 2.63. The normalized spacial score (nSPS) is 10.8. The molecule has 0 aliphatic heterocycles. The van der Waals surface area contributed by atoms with E-state index in [0.717, 1.165) is 6.42 Å². The van der Waals surface area contributed by atoms with Gasteiger partial charge in [-0.3, -0.25) is 0 Å². The third-order valence-corrected chi connectivity index (χ3v) is 2.17. The monoisotopic (exact) mass is 160 g/mol. The van der Waals surface area contributed by atoms with Gasteiger partial charge in [-0.25, -0.2) is 4.98 Å². The predicted octanol–water partition coefficient (Wildman–Crippen LogP) is 2.21. The molecule has 2 aromatic rings. The van der Waals surface area contributed by atoms with Crippen LogP contribution in [0, 0.1) is 6.92 Å². The van der Waals surface area contributed by atoms with Crippen LogP contribution >= 0.6 is 0 Å². The van der Waals surface area contributed by atoms with E-state index in [9.17, 15) is 0 Å². The molecule has 2 heteroatoms. The summed E-state index contributed by atoms with van der Waals surface area (Å²) >= 11 is 0. The van der Waals surface area contributed by atoms with Crippen molar-refractivity contribution in [2.24, 2.45) is 0 Å². The summed E-state index contributed by atoms with van der Waals surface area (Å²) < 4.78 is 2.08. The van der Waals surface area contributed by atoms with E-state index in [-0.39, 0.29) is 0 Å². The molecule has 0 unspecified atom stereocenters. The van der Waals surface area contributed by atoms with Gasteiger partial charge in [-0.2, -0.15) is 0 Å². The average Bonchev–Trinajstić information content (AvgIpc) is 2.49. The highest BCUT2D eigenvalue weighted by molar-refractivity contribution is 5.58. The summed E-state index contributed by atoms with van der Waals surface area (Å²) in [5.41, 5.74) is 3.75. The van der Waals surface area contributed by atoms with Gasteiger partial charge in [-0.05, 0) is 25.0 Å². The molecule has 0 bridgehead atoms. The maximum atomic E-state index is 4.34. The van der Waals surface area contributed by atoms with Crippen LogP contribution in [0.4, 0.5) is 0 Å². The maximum absolute atomic E-state index is 4.34. The van der Waals surface area contributed by atoms with Gasteiger partial charge in [0.2, 0.25) is 0 Å². The topological polar surface area (TPSA) is 17.3 Å². The zero-order valence-electron chi connectivity index (χ0n) is 7.41. The summed E-state index contributed by atoms with van der Waals surface area (Å²) in [4.78, 5) is 4.34. The molecule has 0 amide bonds. The zero-order valence-corrected chi connectivity index (χ0v) is 7.41. The molecule has 0 atom stereocenters. The predicted molar refractivity (Wildman–Crippen MR) is 49.3 cm³/mol. The Morgan fingerprint density at radius 1 is 1.50 bits per heavy atom. The summed E-state index contributed by atoms with van der Waals surface area (Å²) in [5.74, 6) is 0. The molecule has 0 N–H and O–H groups in total. The first-order chi connectivity index (χ1) is 5.83. The lowest BCUT2D eigenvalue weighted by atomic mass is 10.2. The van der Waals surface area contributed by atoms with Crippen molar-refractivity contribution in [3.8, 4) is 0 Å². The van der Waals surface area contributed by atoms with Crippen LogP contribution in [-0.4, -0.2) is 9.38 Å². The van der Waals surface area contributed by atoms with Crippen molar-refractivity contribution in [2.75, 3.05) is 0 Å². The SMILES string of the molecule is CCc1ncn2cccc(C)c12. The fraction of sp³-hybridized carbons (Fsp3) is 0.300. The average molecular weight is 160 g/mol. The van der Waals surface area contributed by atoms with Gasteiger partial charge in [0, 0.05) is 6.20 Å². The van der Waals surface area contributed by atoms with E-state index in [2.05, 4.69) is 29.3 Å². The van der Waals surface area contributed by atoms with Gasteiger partial charge in [0.1, 0.15) is 0 Å². The quantitative estimate of drug-likeness (QED) is 0.625. The Balaban J connectivity index is 2.83. The summed E-state index contributed by atoms with van der Waals surface area (Å²) in [6.07, 6.45) is 4.91. The fourth-order valence-corrected chi connectivity index (χ4v) is 1.56. The first-order valence-electron chi connectivity index (χ1n) is 4.24. The minimum absolute atomic E-state index is 1.00. The lowest BCUT2D eigenvalue weighted by molar-refractivity contribution is 1.07. The van der Waals surface area contributed by atoms with E-state index in [1.807, 2.05) is 18.6 Å². The van der Waals surface area contributed by atoms with Crippen LogP contribution in [0.15, 0.2) is 24.7 Å². The van der Waals surface area contributed by atoms with Gasteiger partial charge in [-0.1, -0.05) is 13.0 Å². The van der Waals surface area contributed by atoms with Crippen molar-refractivity contribution < 1.29 is 0 Å². The minimum atomic E-state index is 1.00. The van der Waals surface area contributed by atoms with Crippen LogP contribution in [0.25, 0.3) is 5.52 Å². The number of rotatable bonds is 1. The highest BCUT2D eigenvalue weighted by Gasteiger charge is 2.02. The maximum Gasteiger partial charge on any atom is 0.0995 e. The zero-order chi connectivity index (χ0) is 8.55. The van der Waals surface area contributed by atoms with Crippen LogP contribution in [0.2, 0.25) is 0 Å². The molecular formula is C10H12N2. The molecule has 0 aliphatic carbocycles. The van der Waals surface area contributed by atoms with E-state index in [4.69, 9.17) is 0 Å². The number of fused-ring (bicyclic) bond motifs is 1. The highest BCUT2D eigenvalue weighted by atomic mass is 15.0. The minimum Gasteiger partial charge on any atom is -0.306 e. The van der Waals surface area contributed by atoms with Gasteiger partial charge < -0.3 is 4.40 Å². The van der Waals surface area contributed by atoms with Gasteiger partial charge in [0.05, 0.1) is 17.5 Å². The molecule has 0 fully saturated rings. The summed E-state index contributed by atoms with van der Waals surface area (Å²) in [6.45, 7) is 4.25. The Bertz CT molecular complexity index is 401. The van der Waals surface area contributed by atoms with Gasteiger partial charge >= 0.3 is 0 Å². The number of hydrogen-bond acceptors (Lipinski definition) is 1. The number of aryl methyl sites for hydroxylation is 2. The van der Waals surface area contributed by atoms with Crippen molar-refractivity contribution in [3.63, 3.8) is 0 Å². The van der Waals surface area contributed by atoms with E-state index in [0.29, 0.717) is 0 Å². The largest absolute Gasteiger partial charge is 0.306 e. The van der Waals surface area contributed by atoms with Crippen LogP contribution in [0.1, 0.15) is 18.2 Å². The van der Waals surface area contributed by atoms with Crippen molar-refractivity contribution in [1.29, 1.82) is 0 Å². The highest BCUT2D eigenvalue weighted by Crippen LogP contribution is 2.14. The molecule has 12 heavy (non-hydrogen) atoms. The van der Waals surface area contributed by atoms with E-state index >= 15 is 0 Å². The third kappa shape index (κ3) is 0.916. The first-order valence-corrected chi connectivity index (χ1v) is 4.24. The van der Waals surface area contributed by atoms with Gasteiger partial charge in [0.25, 0.3) is 0 Å². The van der Waals surface area contributed by atoms with E-state index < -0.39 is 0 Å². The number of nitrogens with zero attached hydrogens (tertiary/aromatic N) is 2. The van der Waals surface area contributed by atoms with Crippen molar-refractivity contribution in [1.82, 2.24) is 9.38 Å². The second-order valence-electron chi connectivity index (χ2n) is 2.99. The van der Waals surface area contributed by atoms with Crippen molar-refractivity contribution in [3.05, 3.63) is 35.9 Å². The molecule has 0 aromatic carbocycles. The Morgan fingerprint density at radius 2 is 2.33 bits per heavy atom. The van der Waals surface area contributed by atoms with Crippen LogP contribution < -0.4 is 0 Å². The first kappa shape index (κ1) is 7.35. The van der Waals surface area contributed by atoms with E-state index in [1.165, 1.54) is 16.8 Å². The summed E-state index contributed by atoms with van der Waals surface area (Å²) in [7, 11) is 0. The molecule has 0 aliphatic rings.